The van der Waals surface area contributed by atoms with Crippen molar-refractivity contribution in [2.45, 2.75) is 65.7 Å². The Morgan fingerprint density at radius 3 is 2.08 bits per heavy atom. The van der Waals surface area contributed by atoms with Crippen molar-refractivity contribution in [3.05, 3.63) is 11.1 Å². The minimum atomic E-state index is 0.869. The van der Waals surface area contributed by atoms with Gasteiger partial charge in [-0.3, -0.25) is 0 Å². The summed E-state index contributed by atoms with van der Waals surface area (Å²) in [6.07, 6.45) is 9.77. The molecule has 0 aromatic heterocycles. The van der Waals surface area contributed by atoms with Gasteiger partial charge in [0.05, 0.1) is 0 Å². The molecule has 0 aromatic carbocycles. The first-order valence-electron chi connectivity index (χ1n) is 5.98. The van der Waals surface area contributed by atoms with Crippen LogP contribution in [0.3, 0.4) is 0 Å². The van der Waals surface area contributed by atoms with Crippen LogP contribution in [0.4, 0.5) is 0 Å². The van der Waals surface area contributed by atoms with E-state index in [1.807, 2.05) is 0 Å². The van der Waals surface area contributed by atoms with Gasteiger partial charge in [0.15, 0.2) is 0 Å². The summed E-state index contributed by atoms with van der Waals surface area (Å²) in [6, 6.07) is 0. The van der Waals surface area contributed by atoms with E-state index in [-0.39, 0.29) is 0 Å². The van der Waals surface area contributed by atoms with Gasteiger partial charge in [0.1, 0.15) is 0 Å². The van der Waals surface area contributed by atoms with E-state index in [0.29, 0.717) is 0 Å². The Hall–Kier alpha value is -0.260. The van der Waals surface area contributed by atoms with Crippen LogP contribution in [-0.2, 0) is 0 Å². The molecule has 0 spiro atoms. The first-order chi connectivity index (χ1) is 6.29. The molecular formula is C13H24. The van der Waals surface area contributed by atoms with Gasteiger partial charge in [0.25, 0.3) is 0 Å². The zero-order valence-corrected chi connectivity index (χ0v) is 9.53. The minimum absolute atomic E-state index is 0.869. The molecule has 1 saturated carbocycles. The van der Waals surface area contributed by atoms with E-state index in [1.165, 1.54) is 44.9 Å². The van der Waals surface area contributed by atoms with E-state index in [0.717, 1.165) is 5.92 Å². The van der Waals surface area contributed by atoms with E-state index in [9.17, 15) is 0 Å². The Morgan fingerprint density at radius 2 is 1.62 bits per heavy atom. The van der Waals surface area contributed by atoms with Crippen LogP contribution in [-0.4, -0.2) is 0 Å². The van der Waals surface area contributed by atoms with Gasteiger partial charge in [0.2, 0.25) is 0 Å². The molecule has 0 bridgehead atoms. The third-order valence-electron chi connectivity index (χ3n) is 3.61. The van der Waals surface area contributed by atoms with Crippen molar-refractivity contribution in [1.82, 2.24) is 0 Å². The molecule has 0 N–H and O–H groups in total. The lowest BCUT2D eigenvalue weighted by atomic mass is 9.84. The molecule has 0 radical (unpaired) electrons. The molecular weight excluding hydrogens is 156 g/mol. The lowest BCUT2D eigenvalue weighted by Crippen LogP contribution is -2.05. The van der Waals surface area contributed by atoms with E-state index in [1.54, 1.807) is 11.1 Å². The second kappa shape index (κ2) is 5.47. The highest BCUT2D eigenvalue weighted by Crippen LogP contribution is 2.30. The lowest BCUT2D eigenvalue weighted by molar-refractivity contribution is 0.533. The summed E-state index contributed by atoms with van der Waals surface area (Å²) in [5.74, 6) is 0.869. The molecule has 0 nitrogen and oxygen atoms in total. The second-order valence-electron chi connectivity index (χ2n) is 4.36. The maximum absolute atomic E-state index is 2.37. The second-order valence-corrected chi connectivity index (χ2v) is 4.36. The van der Waals surface area contributed by atoms with Crippen LogP contribution in [0.5, 0.6) is 0 Å². The zero-order valence-electron chi connectivity index (χ0n) is 9.53. The van der Waals surface area contributed by atoms with Crippen molar-refractivity contribution in [1.29, 1.82) is 0 Å². The molecule has 0 aromatic rings. The molecule has 1 aliphatic rings. The van der Waals surface area contributed by atoms with Crippen molar-refractivity contribution >= 4 is 0 Å². The molecule has 0 heteroatoms. The Labute approximate surface area is 83.4 Å². The number of allylic oxidation sites excluding steroid dienone is 2. The third kappa shape index (κ3) is 2.86. The summed E-state index contributed by atoms with van der Waals surface area (Å²) in [5.41, 5.74) is 3.52. The Kier molecular flexibility index (Phi) is 4.55. The molecule has 76 valence electrons. The maximum Gasteiger partial charge on any atom is -0.0209 e. The first-order valence-corrected chi connectivity index (χ1v) is 5.98. The van der Waals surface area contributed by atoms with Gasteiger partial charge >= 0.3 is 0 Å². The fourth-order valence-corrected chi connectivity index (χ4v) is 2.56. The molecule has 0 atom stereocenters. The van der Waals surface area contributed by atoms with E-state index >= 15 is 0 Å². The molecule has 13 heavy (non-hydrogen) atoms. The quantitative estimate of drug-likeness (QED) is 0.552. The van der Waals surface area contributed by atoms with Crippen LogP contribution in [0.2, 0.25) is 0 Å². The SMILES string of the molecule is CCC(CC)C(C)=C1CCCCC1. The molecule has 1 aliphatic carbocycles. The van der Waals surface area contributed by atoms with Gasteiger partial charge in [-0.2, -0.15) is 0 Å². The standard InChI is InChI=1S/C13H24/c1-4-12(5-2)11(3)13-9-7-6-8-10-13/h12H,4-10H2,1-3H3. The monoisotopic (exact) mass is 180 g/mol. The van der Waals surface area contributed by atoms with E-state index in [2.05, 4.69) is 20.8 Å². The average molecular weight is 180 g/mol. The van der Waals surface area contributed by atoms with Crippen LogP contribution in [0, 0.1) is 5.92 Å². The smallest absolute Gasteiger partial charge is 0.0209 e. The largest absolute Gasteiger partial charge is 0.0710 e. The summed E-state index contributed by atoms with van der Waals surface area (Å²) < 4.78 is 0. The Morgan fingerprint density at radius 1 is 1.08 bits per heavy atom. The molecule has 0 saturated heterocycles. The predicted molar refractivity (Wildman–Crippen MR) is 59.9 cm³/mol. The fraction of sp³-hybridized carbons (Fsp3) is 0.846. The highest BCUT2D eigenvalue weighted by Gasteiger charge is 2.13. The summed E-state index contributed by atoms with van der Waals surface area (Å²) in [4.78, 5) is 0. The third-order valence-corrected chi connectivity index (χ3v) is 3.61. The van der Waals surface area contributed by atoms with Crippen LogP contribution in [0.1, 0.15) is 65.7 Å². The Bertz CT molecular complexity index is 164. The van der Waals surface area contributed by atoms with Crippen LogP contribution in [0.15, 0.2) is 11.1 Å². The van der Waals surface area contributed by atoms with Gasteiger partial charge in [-0.15, -0.1) is 0 Å². The van der Waals surface area contributed by atoms with Crippen molar-refractivity contribution in [3.63, 3.8) is 0 Å². The normalized spacial score (nSPS) is 18.0. The summed E-state index contributed by atoms with van der Waals surface area (Å²) >= 11 is 0. The van der Waals surface area contributed by atoms with Gasteiger partial charge < -0.3 is 0 Å². The van der Waals surface area contributed by atoms with Gasteiger partial charge in [-0.25, -0.2) is 0 Å². The number of hydrogen-bond acceptors (Lipinski definition) is 0. The number of hydrogen-bond donors (Lipinski definition) is 0. The van der Waals surface area contributed by atoms with Gasteiger partial charge in [-0.05, 0) is 51.4 Å². The highest BCUT2D eigenvalue weighted by molar-refractivity contribution is 5.16. The van der Waals surface area contributed by atoms with Crippen LogP contribution in [0.25, 0.3) is 0 Å². The fourth-order valence-electron chi connectivity index (χ4n) is 2.56. The lowest BCUT2D eigenvalue weighted by Gasteiger charge is -2.22. The van der Waals surface area contributed by atoms with Crippen molar-refractivity contribution in [2.24, 2.45) is 5.92 Å². The molecule has 0 heterocycles. The first kappa shape index (κ1) is 10.8. The van der Waals surface area contributed by atoms with Gasteiger partial charge in [0, 0.05) is 0 Å². The summed E-state index contributed by atoms with van der Waals surface area (Å²) in [6.45, 7) is 7.01. The van der Waals surface area contributed by atoms with E-state index < -0.39 is 0 Å². The van der Waals surface area contributed by atoms with E-state index in [4.69, 9.17) is 0 Å². The number of rotatable bonds is 3. The summed E-state index contributed by atoms with van der Waals surface area (Å²) in [5, 5.41) is 0. The zero-order chi connectivity index (χ0) is 9.68. The van der Waals surface area contributed by atoms with Crippen LogP contribution < -0.4 is 0 Å². The Balaban J connectivity index is 2.63. The van der Waals surface area contributed by atoms with Crippen molar-refractivity contribution in [2.75, 3.05) is 0 Å². The maximum atomic E-state index is 2.37. The highest BCUT2D eigenvalue weighted by atomic mass is 14.2. The van der Waals surface area contributed by atoms with Crippen molar-refractivity contribution < 1.29 is 0 Å². The predicted octanol–water partition coefficient (Wildman–Crippen LogP) is 4.70. The minimum Gasteiger partial charge on any atom is -0.0710 e. The molecule has 0 unspecified atom stereocenters. The topological polar surface area (TPSA) is 0 Å². The molecule has 1 rings (SSSR count). The van der Waals surface area contributed by atoms with Crippen LogP contribution >= 0.6 is 0 Å². The van der Waals surface area contributed by atoms with Gasteiger partial charge in [-0.1, -0.05) is 31.4 Å². The van der Waals surface area contributed by atoms with Crippen molar-refractivity contribution in [3.8, 4) is 0 Å². The molecule has 0 aliphatic heterocycles. The average Bonchev–Trinajstić information content (AvgIpc) is 2.21. The molecule has 0 amide bonds. The molecule has 1 fully saturated rings. The summed E-state index contributed by atoms with van der Waals surface area (Å²) in [7, 11) is 0.